The predicted molar refractivity (Wildman–Crippen MR) is 114 cm³/mol. The Bertz CT molecular complexity index is 1230. The summed E-state index contributed by atoms with van der Waals surface area (Å²) in [6, 6.07) is 15.2. The van der Waals surface area contributed by atoms with Gasteiger partial charge in [-0.25, -0.2) is 0 Å². The molecule has 0 bridgehead atoms. The van der Waals surface area contributed by atoms with Gasteiger partial charge in [0.1, 0.15) is 0 Å². The molecule has 0 radical (unpaired) electrons. The molecule has 2 heterocycles. The number of amides is 1. The van der Waals surface area contributed by atoms with Crippen molar-refractivity contribution in [2.75, 3.05) is 11.1 Å². The highest BCUT2D eigenvalue weighted by Gasteiger charge is 2.13. The first-order valence-corrected chi connectivity index (χ1v) is 10.0. The van der Waals surface area contributed by atoms with Crippen molar-refractivity contribution >= 4 is 29.0 Å². The summed E-state index contributed by atoms with van der Waals surface area (Å²) in [6.07, 6.45) is 3.40. The molecule has 0 atom stereocenters. The van der Waals surface area contributed by atoms with Gasteiger partial charge < -0.3 is 5.32 Å². The van der Waals surface area contributed by atoms with Crippen LogP contribution in [0.1, 0.15) is 11.1 Å². The van der Waals surface area contributed by atoms with Gasteiger partial charge >= 0.3 is 5.56 Å². The molecule has 4 rings (SSSR count). The third-order valence-electron chi connectivity index (χ3n) is 4.31. The molecule has 1 amide bonds. The zero-order valence-corrected chi connectivity index (χ0v) is 16.8. The van der Waals surface area contributed by atoms with Crippen molar-refractivity contribution in [2.24, 2.45) is 0 Å². The monoisotopic (exact) mass is 405 g/mol. The fraction of sp³-hybridized carbons (Fsp3) is 0.143. The van der Waals surface area contributed by atoms with Crippen molar-refractivity contribution in [2.45, 2.75) is 19.0 Å². The van der Waals surface area contributed by atoms with E-state index in [4.69, 9.17) is 0 Å². The molecule has 0 aliphatic heterocycles. The van der Waals surface area contributed by atoms with Crippen LogP contribution in [0.25, 0.3) is 11.3 Å². The normalized spacial score (nSPS) is 11.0. The van der Waals surface area contributed by atoms with Gasteiger partial charge in [-0.3, -0.25) is 18.6 Å². The topological polar surface area (TPSA) is 81.3 Å². The molecule has 8 heteroatoms. The quantitative estimate of drug-likeness (QED) is 0.516. The molecule has 0 aliphatic rings. The number of rotatable bonds is 5. The van der Waals surface area contributed by atoms with Gasteiger partial charge in [-0.15, -0.1) is 10.2 Å². The molecular formula is C21H19N5O2S. The maximum absolute atomic E-state index is 12.7. The zero-order valence-electron chi connectivity index (χ0n) is 16.0. The molecule has 0 aliphatic carbocycles. The molecule has 146 valence electrons. The molecule has 0 unspecified atom stereocenters. The van der Waals surface area contributed by atoms with Crippen LogP contribution in [0.2, 0.25) is 0 Å². The van der Waals surface area contributed by atoms with Crippen LogP contribution in [0.15, 0.2) is 70.9 Å². The minimum absolute atomic E-state index is 0.144. The smallest absolute Gasteiger partial charge is 0.300 e. The van der Waals surface area contributed by atoms with E-state index in [2.05, 4.69) is 21.6 Å². The van der Waals surface area contributed by atoms with E-state index in [1.807, 2.05) is 56.3 Å². The van der Waals surface area contributed by atoms with Gasteiger partial charge in [0.2, 0.25) is 11.6 Å². The highest BCUT2D eigenvalue weighted by Crippen LogP contribution is 2.18. The van der Waals surface area contributed by atoms with Gasteiger partial charge in [0.15, 0.2) is 5.16 Å². The summed E-state index contributed by atoms with van der Waals surface area (Å²) in [5.74, 6) is 0.0182. The number of hydrogen-bond acceptors (Lipinski definition) is 5. The molecule has 1 N–H and O–H groups in total. The van der Waals surface area contributed by atoms with Gasteiger partial charge in [-0.1, -0.05) is 36.0 Å². The number of nitrogens with zero attached hydrogens (tertiary/aromatic N) is 4. The second-order valence-corrected chi connectivity index (χ2v) is 7.64. The first-order chi connectivity index (χ1) is 14.0. The number of nitrogens with one attached hydrogen (secondary N) is 1. The number of carbonyl (C=O) groups is 1. The lowest BCUT2D eigenvalue weighted by atomic mass is 10.1. The Morgan fingerprint density at radius 2 is 1.76 bits per heavy atom. The van der Waals surface area contributed by atoms with E-state index in [0.29, 0.717) is 5.16 Å². The van der Waals surface area contributed by atoms with E-state index < -0.39 is 0 Å². The van der Waals surface area contributed by atoms with E-state index in [-0.39, 0.29) is 22.9 Å². The summed E-state index contributed by atoms with van der Waals surface area (Å²) < 4.78 is 3.13. The van der Waals surface area contributed by atoms with Crippen LogP contribution >= 0.6 is 11.8 Å². The van der Waals surface area contributed by atoms with Crippen LogP contribution in [0.4, 0.5) is 5.69 Å². The Kier molecular flexibility index (Phi) is 5.18. The van der Waals surface area contributed by atoms with Gasteiger partial charge in [-0.05, 0) is 49.2 Å². The van der Waals surface area contributed by atoms with E-state index >= 15 is 0 Å². The minimum Gasteiger partial charge on any atom is -0.325 e. The Morgan fingerprint density at radius 1 is 1.03 bits per heavy atom. The van der Waals surface area contributed by atoms with Crippen molar-refractivity contribution in [3.8, 4) is 5.69 Å². The summed E-state index contributed by atoms with van der Waals surface area (Å²) in [6.45, 7) is 3.98. The van der Waals surface area contributed by atoms with E-state index in [1.54, 1.807) is 16.8 Å². The average molecular weight is 405 g/mol. The Hall–Kier alpha value is -3.39. The largest absolute Gasteiger partial charge is 0.325 e. The van der Waals surface area contributed by atoms with Crippen molar-refractivity contribution in [3.63, 3.8) is 0 Å². The number of hydrogen-bond donors (Lipinski definition) is 1. The van der Waals surface area contributed by atoms with Crippen LogP contribution < -0.4 is 10.9 Å². The highest BCUT2D eigenvalue weighted by molar-refractivity contribution is 7.99. The third-order valence-corrected chi connectivity index (χ3v) is 5.25. The molecule has 0 saturated heterocycles. The van der Waals surface area contributed by atoms with Crippen molar-refractivity contribution in [3.05, 3.63) is 82.4 Å². The SMILES string of the molecule is Cc1cc(C)cc(NC(=O)CSc2nnc3c(=O)n(-c4ccccc4)ccn23)c1. The van der Waals surface area contributed by atoms with Gasteiger partial charge in [0, 0.05) is 23.8 Å². The number of carbonyl (C=O) groups excluding carboxylic acids is 1. The second-order valence-electron chi connectivity index (χ2n) is 6.70. The van der Waals surface area contributed by atoms with Crippen LogP contribution in [-0.4, -0.2) is 30.8 Å². The molecule has 2 aromatic heterocycles. The summed E-state index contributed by atoms with van der Waals surface area (Å²) >= 11 is 1.23. The van der Waals surface area contributed by atoms with E-state index in [9.17, 15) is 9.59 Å². The van der Waals surface area contributed by atoms with Gasteiger partial charge in [0.05, 0.1) is 5.75 Å². The minimum atomic E-state index is -0.266. The van der Waals surface area contributed by atoms with Crippen molar-refractivity contribution in [1.29, 1.82) is 0 Å². The highest BCUT2D eigenvalue weighted by atomic mass is 32.2. The lowest BCUT2D eigenvalue weighted by Gasteiger charge is -2.07. The van der Waals surface area contributed by atoms with Crippen molar-refractivity contribution < 1.29 is 4.79 Å². The first-order valence-electron chi connectivity index (χ1n) is 9.04. The summed E-state index contributed by atoms with van der Waals surface area (Å²) in [4.78, 5) is 25.1. The molecular weight excluding hydrogens is 386 g/mol. The molecule has 0 saturated carbocycles. The first kappa shape index (κ1) is 18.9. The number of fused-ring (bicyclic) bond motifs is 1. The molecule has 29 heavy (non-hydrogen) atoms. The third kappa shape index (κ3) is 4.07. The zero-order chi connectivity index (χ0) is 20.4. The fourth-order valence-corrected chi connectivity index (χ4v) is 3.85. The van der Waals surface area contributed by atoms with Gasteiger partial charge in [0.25, 0.3) is 0 Å². The summed E-state index contributed by atoms with van der Waals surface area (Å²) in [7, 11) is 0. The van der Waals surface area contributed by atoms with Crippen LogP contribution in [0, 0.1) is 13.8 Å². The number of thioether (sulfide) groups is 1. The molecule has 4 aromatic rings. The van der Waals surface area contributed by atoms with Crippen LogP contribution in [0.3, 0.4) is 0 Å². The number of aryl methyl sites for hydroxylation is 2. The van der Waals surface area contributed by atoms with Crippen molar-refractivity contribution in [1.82, 2.24) is 19.2 Å². The molecule has 0 spiro atoms. The molecule has 7 nitrogen and oxygen atoms in total. The Balaban J connectivity index is 1.51. The Labute approximate surface area is 171 Å². The maximum atomic E-state index is 12.7. The van der Waals surface area contributed by atoms with Crippen LogP contribution in [0.5, 0.6) is 0 Å². The molecule has 0 fully saturated rings. The predicted octanol–water partition coefficient (Wildman–Crippen LogP) is 3.23. The van der Waals surface area contributed by atoms with E-state index in [0.717, 1.165) is 22.5 Å². The fourth-order valence-electron chi connectivity index (χ4n) is 3.13. The standard InChI is InChI=1S/C21H19N5O2S/c1-14-10-15(2)12-16(11-14)22-18(27)13-29-21-24-23-19-20(28)25(8-9-26(19)21)17-6-4-3-5-7-17/h3-12H,13H2,1-2H3,(H,22,27). The lowest BCUT2D eigenvalue weighted by Crippen LogP contribution is -2.20. The second kappa shape index (κ2) is 7.92. The lowest BCUT2D eigenvalue weighted by molar-refractivity contribution is -0.113. The number of para-hydroxylation sites is 1. The average Bonchev–Trinajstić information content (AvgIpc) is 3.10. The molecule has 2 aromatic carbocycles. The summed E-state index contributed by atoms with van der Waals surface area (Å²) in [5, 5.41) is 11.5. The number of benzene rings is 2. The maximum Gasteiger partial charge on any atom is 0.300 e. The number of anilines is 1. The Morgan fingerprint density at radius 3 is 2.48 bits per heavy atom. The van der Waals surface area contributed by atoms with Gasteiger partial charge in [-0.2, -0.15) is 0 Å². The summed E-state index contributed by atoms with van der Waals surface area (Å²) in [5.41, 5.74) is 3.65. The number of aromatic nitrogens is 4. The van der Waals surface area contributed by atoms with E-state index in [1.165, 1.54) is 16.3 Å². The van der Waals surface area contributed by atoms with Crippen LogP contribution in [-0.2, 0) is 4.79 Å².